The van der Waals surface area contributed by atoms with Crippen molar-refractivity contribution in [2.75, 3.05) is 0 Å². The van der Waals surface area contributed by atoms with Gasteiger partial charge in [-0.05, 0) is 58.7 Å². The smallest absolute Gasteiger partial charge is 0.00263 e. The molecule has 0 nitrogen and oxygen atoms in total. The molecule has 0 unspecified atom stereocenters. The summed E-state index contributed by atoms with van der Waals surface area (Å²) in [6.07, 6.45) is 0. The minimum atomic E-state index is 1.18. The molecule has 0 heterocycles. The largest absolute Gasteiger partial charge is 0.0587 e. The zero-order valence-corrected chi connectivity index (χ0v) is 12.9. The van der Waals surface area contributed by atoms with E-state index in [4.69, 9.17) is 0 Å². The van der Waals surface area contributed by atoms with Gasteiger partial charge in [0.15, 0.2) is 0 Å². The summed E-state index contributed by atoms with van der Waals surface area (Å²) in [5.74, 6) is 0. The van der Waals surface area contributed by atoms with Crippen LogP contribution in [0, 0.1) is 19.9 Å². The molecule has 1 radical (unpaired) electrons. The van der Waals surface area contributed by atoms with E-state index in [1.54, 1.807) is 0 Å². The van der Waals surface area contributed by atoms with E-state index in [1.807, 2.05) is 6.07 Å². The first kappa shape index (κ1) is 13.1. The Labute approximate surface area is 131 Å². The van der Waals surface area contributed by atoms with E-state index in [1.165, 1.54) is 43.8 Å². The van der Waals surface area contributed by atoms with Gasteiger partial charge in [-0.25, -0.2) is 0 Å². The second-order valence-corrected chi connectivity index (χ2v) is 6.01. The Balaban J connectivity index is 1.98. The van der Waals surface area contributed by atoms with Crippen LogP contribution in [-0.2, 0) is 0 Å². The van der Waals surface area contributed by atoms with Crippen LogP contribution >= 0.6 is 0 Å². The van der Waals surface area contributed by atoms with Crippen LogP contribution in [0.5, 0.6) is 0 Å². The molecule has 0 fully saturated rings. The minimum absolute atomic E-state index is 1.18. The number of fused-ring (bicyclic) bond motifs is 2. The number of aryl methyl sites for hydroxylation is 2. The predicted octanol–water partition coefficient (Wildman–Crippen LogP) is 6.08. The molecule has 0 amide bonds. The van der Waals surface area contributed by atoms with Gasteiger partial charge in [0.25, 0.3) is 0 Å². The predicted molar refractivity (Wildman–Crippen MR) is 95.2 cm³/mol. The summed E-state index contributed by atoms with van der Waals surface area (Å²) >= 11 is 0. The van der Waals surface area contributed by atoms with E-state index in [0.29, 0.717) is 0 Å². The van der Waals surface area contributed by atoms with Crippen LogP contribution in [-0.4, -0.2) is 0 Å². The van der Waals surface area contributed by atoms with E-state index in [0.717, 1.165) is 0 Å². The Morgan fingerprint density at radius 3 is 2.18 bits per heavy atom. The van der Waals surface area contributed by atoms with Gasteiger partial charge in [0, 0.05) is 0 Å². The summed E-state index contributed by atoms with van der Waals surface area (Å²) in [6.45, 7) is 4.27. The quantitative estimate of drug-likeness (QED) is 0.397. The fraction of sp³-hybridized carbons (Fsp3) is 0.0909. The Morgan fingerprint density at radius 1 is 0.636 bits per heavy atom. The second-order valence-electron chi connectivity index (χ2n) is 6.01. The Kier molecular flexibility index (Phi) is 2.97. The standard InChI is InChI=1S/C22H17/c1-15-7-9-19-14-20(11-10-18(19)12-15)21-5-3-4-17-8-6-16(2)13-22(17)21/h3-4,6-14H,1-2H3. The molecule has 0 aromatic heterocycles. The van der Waals surface area contributed by atoms with Crippen LogP contribution in [0.3, 0.4) is 0 Å². The lowest BCUT2D eigenvalue weighted by Crippen LogP contribution is -1.84. The van der Waals surface area contributed by atoms with Crippen molar-refractivity contribution in [1.29, 1.82) is 0 Å². The number of hydrogen-bond donors (Lipinski definition) is 0. The van der Waals surface area contributed by atoms with Crippen molar-refractivity contribution in [3.63, 3.8) is 0 Å². The third-order valence-corrected chi connectivity index (χ3v) is 4.25. The summed E-state index contributed by atoms with van der Waals surface area (Å²) in [5, 5.41) is 5.11. The van der Waals surface area contributed by atoms with E-state index in [2.05, 4.69) is 80.6 Å². The molecule has 0 saturated heterocycles. The first-order valence-electron chi connectivity index (χ1n) is 7.62. The molecular formula is C22H17. The molecule has 0 N–H and O–H groups in total. The third kappa shape index (κ3) is 2.17. The van der Waals surface area contributed by atoms with Gasteiger partial charge in [0.05, 0.1) is 0 Å². The van der Waals surface area contributed by atoms with Gasteiger partial charge in [-0.3, -0.25) is 0 Å². The maximum absolute atomic E-state index is 3.43. The molecule has 0 aliphatic heterocycles. The van der Waals surface area contributed by atoms with Crippen LogP contribution in [0.2, 0.25) is 0 Å². The maximum atomic E-state index is 3.43. The average Bonchev–Trinajstić information content (AvgIpc) is 2.54. The highest BCUT2D eigenvalue weighted by Gasteiger charge is 2.05. The van der Waals surface area contributed by atoms with Crippen molar-refractivity contribution in [3.05, 3.63) is 83.9 Å². The molecule has 105 valence electrons. The summed E-state index contributed by atoms with van der Waals surface area (Å²) in [7, 11) is 0. The molecule has 0 atom stereocenters. The molecule has 0 saturated carbocycles. The van der Waals surface area contributed by atoms with E-state index < -0.39 is 0 Å². The van der Waals surface area contributed by atoms with Gasteiger partial charge >= 0.3 is 0 Å². The monoisotopic (exact) mass is 281 g/mol. The van der Waals surface area contributed by atoms with Crippen molar-refractivity contribution >= 4 is 21.5 Å². The van der Waals surface area contributed by atoms with Crippen molar-refractivity contribution in [1.82, 2.24) is 0 Å². The van der Waals surface area contributed by atoms with Gasteiger partial charge in [-0.2, -0.15) is 0 Å². The Bertz CT molecular complexity index is 993. The third-order valence-electron chi connectivity index (χ3n) is 4.25. The highest BCUT2D eigenvalue weighted by Crippen LogP contribution is 2.31. The van der Waals surface area contributed by atoms with E-state index >= 15 is 0 Å². The fourth-order valence-corrected chi connectivity index (χ4v) is 3.08. The Morgan fingerprint density at radius 2 is 1.32 bits per heavy atom. The molecule has 0 heteroatoms. The Hall–Kier alpha value is -2.60. The average molecular weight is 281 g/mol. The molecule has 0 spiro atoms. The van der Waals surface area contributed by atoms with Gasteiger partial charge in [0.2, 0.25) is 0 Å². The zero-order valence-electron chi connectivity index (χ0n) is 12.9. The maximum Gasteiger partial charge on any atom is -0.00263 e. The molecule has 4 rings (SSSR count). The highest BCUT2D eigenvalue weighted by atomic mass is 14.1. The van der Waals surface area contributed by atoms with Crippen LogP contribution < -0.4 is 0 Å². The molecule has 22 heavy (non-hydrogen) atoms. The lowest BCUT2D eigenvalue weighted by atomic mass is 9.95. The lowest BCUT2D eigenvalue weighted by molar-refractivity contribution is 1.50. The van der Waals surface area contributed by atoms with Crippen molar-refractivity contribution in [3.8, 4) is 11.1 Å². The van der Waals surface area contributed by atoms with Gasteiger partial charge in [0.1, 0.15) is 0 Å². The van der Waals surface area contributed by atoms with Crippen molar-refractivity contribution in [2.45, 2.75) is 13.8 Å². The van der Waals surface area contributed by atoms with Crippen LogP contribution in [0.25, 0.3) is 32.7 Å². The van der Waals surface area contributed by atoms with E-state index in [9.17, 15) is 0 Å². The van der Waals surface area contributed by atoms with Crippen LogP contribution in [0.1, 0.15) is 11.1 Å². The lowest BCUT2D eigenvalue weighted by Gasteiger charge is -2.09. The zero-order chi connectivity index (χ0) is 15.1. The fourth-order valence-electron chi connectivity index (χ4n) is 3.08. The molecule has 4 aromatic rings. The van der Waals surface area contributed by atoms with Gasteiger partial charge in [-0.15, -0.1) is 0 Å². The normalized spacial score (nSPS) is 11.2. The topological polar surface area (TPSA) is 0 Å². The molecule has 0 aliphatic rings. The van der Waals surface area contributed by atoms with Gasteiger partial charge in [-0.1, -0.05) is 71.8 Å². The number of hydrogen-bond acceptors (Lipinski definition) is 0. The number of rotatable bonds is 1. The summed E-state index contributed by atoms with van der Waals surface area (Å²) in [5.41, 5.74) is 4.99. The number of benzene rings is 4. The van der Waals surface area contributed by atoms with Gasteiger partial charge < -0.3 is 0 Å². The summed E-state index contributed by atoms with van der Waals surface area (Å²) in [4.78, 5) is 0. The van der Waals surface area contributed by atoms with Crippen LogP contribution in [0.4, 0.5) is 0 Å². The summed E-state index contributed by atoms with van der Waals surface area (Å²) < 4.78 is 0. The SMILES string of the molecule is Cc1ccc2cc(-c3[c]ccc4ccc(C)cc34)ccc2c1. The molecular weight excluding hydrogens is 264 g/mol. The first-order chi connectivity index (χ1) is 10.7. The van der Waals surface area contributed by atoms with Crippen molar-refractivity contribution < 1.29 is 0 Å². The van der Waals surface area contributed by atoms with E-state index in [-0.39, 0.29) is 0 Å². The minimum Gasteiger partial charge on any atom is -0.0587 e. The first-order valence-corrected chi connectivity index (χ1v) is 7.62. The van der Waals surface area contributed by atoms with Crippen molar-refractivity contribution in [2.24, 2.45) is 0 Å². The van der Waals surface area contributed by atoms with Crippen LogP contribution in [0.15, 0.2) is 66.7 Å². The highest BCUT2D eigenvalue weighted by molar-refractivity contribution is 5.99. The molecule has 0 aliphatic carbocycles. The summed E-state index contributed by atoms with van der Waals surface area (Å²) in [6, 6.07) is 27.5. The second kappa shape index (κ2) is 4.99. The molecule has 4 aromatic carbocycles. The molecule has 0 bridgehead atoms.